The Hall–Kier alpha value is -2.79. The minimum Gasteiger partial charge on any atom is -0.493 e. The van der Waals surface area contributed by atoms with Crippen molar-refractivity contribution in [2.24, 2.45) is 0 Å². The Morgan fingerprint density at radius 3 is 2.58 bits per heavy atom. The zero-order valence-electron chi connectivity index (χ0n) is 19.1. The van der Waals surface area contributed by atoms with E-state index in [2.05, 4.69) is 30.5 Å². The van der Waals surface area contributed by atoms with Gasteiger partial charge in [-0.2, -0.15) is 0 Å². The van der Waals surface area contributed by atoms with Gasteiger partial charge in [-0.15, -0.1) is 0 Å². The second-order valence-electron chi connectivity index (χ2n) is 7.90. The number of aryl methyl sites for hydroxylation is 4. The molecule has 31 heavy (non-hydrogen) atoms. The Labute approximate surface area is 185 Å². The van der Waals surface area contributed by atoms with Crippen LogP contribution in [0.2, 0.25) is 0 Å². The third-order valence-corrected chi connectivity index (χ3v) is 5.58. The van der Waals surface area contributed by atoms with Crippen molar-refractivity contribution in [1.82, 2.24) is 9.55 Å². The number of aliphatic hydroxyl groups is 1. The van der Waals surface area contributed by atoms with E-state index in [1.807, 2.05) is 37.3 Å². The molecule has 5 nitrogen and oxygen atoms in total. The highest BCUT2D eigenvalue weighted by molar-refractivity contribution is 5.78. The lowest BCUT2D eigenvalue weighted by Gasteiger charge is -2.12. The number of hydrogen-bond acceptors (Lipinski definition) is 4. The van der Waals surface area contributed by atoms with Gasteiger partial charge in [-0.05, 0) is 81.0 Å². The third-order valence-electron chi connectivity index (χ3n) is 5.58. The molecule has 0 aliphatic carbocycles. The lowest BCUT2D eigenvalue weighted by atomic mass is 10.1. The quantitative estimate of drug-likeness (QED) is 0.416. The molecule has 0 aliphatic heterocycles. The van der Waals surface area contributed by atoms with Crippen molar-refractivity contribution in [3.8, 4) is 11.5 Å². The van der Waals surface area contributed by atoms with Crippen LogP contribution in [0.5, 0.6) is 11.5 Å². The highest BCUT2D eigenvalue weighted by Crippen LogP contribution is 2.29. The second-order valence-corrected chi connectivity index (χ2v) is 7.90. The first-order valence-electron chi connectivity index (χ1n) is 11.1. The normalized spacial score (nSPS) is 11.5. The van der Waals surface area contributed by atoms with Crippen LogP contribution in [-0.2, 0) is 13.0 Å². The number of methoxy groups -OCH3 is 1. The molecular weight excluding hydrogens is 388 g/mol. The first-order valence-corrected chi connectivity index (χ1v) is 11.1. The van der Waals surface area contributed by atoms with Gasteiger partial charge in [-0.3, -0.25) is 0 Å². The summed E-state index contributed by atoms with van der Waals surface area (Å²) in [6.07, 6.45) is 7.49. The van der Waals surface area contributed by atoms with Gasteiger partial charge < -0.3 is 19.1 Å². The predicted molar refractivity (Wildman–Crippen MR) is 127 cm³/mol. The maximum absolute atomic E-state index is 9.26. The average molecular weight is 423 g/mol. The van der Waals surface area contributed by atoms with Crippen LogP contribution in [0.3, 0.4) is 0 Å². The van der Waals surface area contributed by atoms with Crippen LogP contribution >= 0.6 is 0 Å². The van der Waals surface area contributed by atoms with E-state index in [1.165, 1.54) is 16.6 Å². The number of ether oxygens (including phenoxy) is 2. The topological polar surface area (TPSA) is 56.5 Å². The molecule has 0 aliphatic rings. The molecule has 3 rings (SSSR count). The summed E-state index contributed by atoms with van der Waals surface area (Å²) in [7, 11) is 1.67. The molecule has 1 heterocycles. The van der Waals surface area contributed by atoms with Crippen molar-refractivity contribution in [3.05, 3.63) is 58.9 Å². The van der Waals surface area contributed by atoms with Crippen LogP contribution in [0.1, 0.15) is 48.7 Å². The molecule has 2 aromatic carbocycles. The maximum Gasteiger partial charge on any atom is 0.161 e. The minimum atomic E-state index is 0.184. The lowest BCUT2D eigenvalue weighted by molar-refractivity contribution is 0.282. The standard InChI is InChI=1S/C26H34N2O3/c1-5-9-21-11-12-24(25(18-21)30-4)31-15-7-6-13-28-23-17-20(3)19(2)16-22(23)27-26(28)10-8-14-29/h5,9,11-12,16-18,29H,6-8,10,13-15H2,1-4H3. The summed E-state index contributed by atoms with van der Waals surface area (Å²) in [5.41, 5.74) is 5.85. The first kappa shape index (κ1) is 22.9. The number of aliphatic hydroxyl groups excluding tert-OH is 1. The van der Waals surface area contributed by atoms with Gasteiger partial charge in [-0.1, -0.05) is 18.2 Å². The van der Waals surface area contributed by atoms with Crippen molar-refractivity contribution in [2.45, 2.75) is 53.0 Å². The molecule has 0 fully saturated rings. The Balaban J connectivity index is 1.63. The molecule has 5 heteroatoms. The molecule has 0 saturated heterocycles. The van der Waals surface area contributed by atoms with Crippen molar-refractivity contribution >= 4 is 17.1 Å². The van der Waals surface area contributed by atoms with Gasteiger partial charge in [0.15, 0.2) is 11.5 Å². The summed E-state index contributed by atoms with van der Waals surface area (Å²) in [5.74, 6) is 2.59. The van der Waals surface area contributed by atoms with Gasteiger partial charge in [0.05, 0.1) is 24.8 Å². The van der Waals surface area contributed by atoms with Crippen molar-refractivity contribution in [3.63, 3.8) is 0 Å². The van der Waals surface area contributed by atoms with Crippen LogP contribution in [0, 0.1) is 13.8 Å². The molecule has 0 saturated carbocycles. The number of hydrogen-bond donors (Lipinski definition) is 1. The van der Waals surface area contributed by atoms with Gasteiger partial charge >= 0.3 is 0 Å². The van der Waals surface area contributed by atoms with E-state index in [0.29, 0.717) is 6.61 Å². The summed E-state index contributed by atoms with van der Waals surface area (Å²) in [6, 6.07) is 10.4. The Bertz CT molecular complexity index is 1040. The predicted octanol–water partition coefficient (Wildman–Crippen LogP) is 5.48. The average Bonchev–Trinajstić information content (AvgIpc) is 3.09. The number of aromatic nitrogens is 2. The number of fused-ring (bicyclic) bond motifs is 1. The first-order chi connectivity index (χ1) is 15.1. The van der Waals surface area contributed by atoms with E-state index in [-0.39, 0.29) is 6.61 Å². The van der Waals surface area contributed by atoms with Gasteiger partial charge in [-0.25, -0.2) is 4.98 Å². The number of imidazole rings is 1. The van der Waals surface area contributed by atoms with Crippen LogP contribution in [0.25, 0.3) is 17.1 Å². The number of nitrogens with zero attached hydrogens (tertiary/aromatic N) is 2. The largest absolute Gasteiger partial charge is 0.493 e. The van der Waals surface area contributed by atoms with E-state index in [4.69, 9.17) is 14.5 Å². The van der Waals surface area contributed by atoms with Gasteiger partial charge in [0, 0.05) is 19.6 Å². The van der Waals surface area contributed by atoms with Crippen molar-refractivity contribution in [2.75, 3.05) is 20.3 Å². The Kier molecular flexibility index (Phi) is 8.13. The van der Waals surface area contributed by atoms with E-state index < -0.39 is 0 Å². The Morgan fingerprint density at radius 1 is 1.03 bits per heavy atom. The molecule has 0 radical (unpaired) electrons. The molecule has 166 valence electrons. The minimum absolute atomic E-state index is 0.184. The number of unbranched alkanes of at least 4 members (excludes halogenated alkanes) is 1. The second kappa shape index (κ2) is 11.0. The van der Waals surface area contributed by atoms with E-state index in [1.54, 1.807) is 7.11 Å². The van der Waals surface area contributed by atoms with Crippen LogP contribution < -0.4 is 9.47 Å². The summed E-state index contributed by atoms with van der Waals surface area (Å²) in [4.78, 5) is 4.84. The monoisotopic (exact) mass is 422 g/mol. The molecule has 0 spiro atoms. The fraction of sp³-hybridized carbons (Fsp3) is 0.423. The fourth-order valence-electron chi connectivity index (χ4n) is 3.76. The van der Waals surface area contributed by atoms with E-state index in [0.717, 1.165) is 60.6 Å². The molecule has 1 aromatic heterocycles. The molecular formula is C26H34N2O3. The Morgan fingerprint density at radius 2 is 1.84 bits per heavy atom. The molecule has 0 unspecified atom stereocenters. The van der Waals surface area contributed by atoms with Crippen molar-refractivity contribution in [1.29, 1.82) is 0 Å². The maximum atomic E-state index is 9.26. The zero-order chi connectivity index (χ0) is 22.2. The number of rotatable bonds is 11. The number of allylic oxidation sites excluding steroid dienone is 1. The van der Waals surface area contributed by atoms with Crippen LogP contribution in [0.4, 0.5) is 0 Å². The van der Waals surface area contributed by atoms with Crippen molar-refractivity contribution < 1.29 is 14.6 Å². The summed E-state index contributed by atoms with van der Waals surface area (Å²) >= 11 is 0. The van der Waals surface area contributed by atoms with Crippen LogP contribution in [-0.4, -0.2) is 35.0 Å². The molecule has 0 bridgehead atoms. The lowest BCUT2D eigenvalue weighted by Crippen LogP contribution is -2.07. The highest BCUT2D eigenvalue weighted by atomic mass is 16.5. The van der Waals surface area contributed by atoms with Gasteiger partial charge in [0.25, 0.3) is 0 Å². The fourth-order valence-corrected chi connectivity index (χ4v) is 3.76. The smallest absolute Gasteiger partial charge is 0.161 e. The molecule has 1 N–H and O–H groups in total. The number of benzene rings is 2. The van der Waals surface area contributed by atoms with Crippen LogP contribution in [0.15, 0.2) is 36.4 Å². The van der Waals surface area contributed by atoms with Gasteiger partial charge in [0.1, 0.15) is 5.82 Å². The van der Waals surface area contributed by atoms with E-state index >= 15 is 0 Å². The molecule has 0 atom stereocenters. The molecule has 3 aromatic rings. The van der Waals surface area contributed by atoms with E-state index in [9.17, 15) is 5.11 Å². The molecule has 0 amide bonds. The zero-order valence-corrected chi connectivity index (χ0v) is 19.1. The third kappa shape index (κ3) is 5.67. The highest BCUT2D eigenvalue weighted by Gasteiger charge is 2.12. The summed E-state index contributed by atoms with van der Waals surface area (Å²) in [6.45, 7) is 7.97. The summed E-state index contributed by atoms with van der Waals surface area (Å²) < 4.78 is 13.8. The van der Waals surface area contributed by atoms with Gasteiger partial charge in [0.2, 0.25) is 0 Å². The summed E-state index contributed by atoms with van der Waals surface area (Å²) in [5, 5.41) is 9.26. The SMILES string of the molecule is CC=Cc1ccc(OCCCCn2c(CCCO)nc3cc(C)c(C)cc32)c(OC)c1.